The van der Waals surface area contributed by atoms with Gasteiger partial charge in [-0.2, -0.15) is 0 Å². The average Bonchev–Trinajstić information content (AvgIpc) is 2.59. The molecule has 3 heteroatoms. The number of methoxy groups -OCH3 is 1. The first-order valence-electron chi connectivity index (χ1n) is 8.20. The van der Waals surface area contributed by atoms with Gasteiger partial charge in [0, 0.05) is 0 Å². The smallest absolute Gasteiger partial charge is 0.119 e. The highest BCUT2D eigenvalue weighted by Gasteiger charge is 2.10. The van der Waals surface area contributed by atoms with Crippen LogP contribution in [0.1, 0.15) is 43.2 Å². The molecule has 0 saturated carbocycles. The Kier molecular flexibility index (Phi) is 6.48. The molecule has 2 rings (SSSR count). The van der Waals surface area contributed by atoms with E-state index >= 15 is 0 Å². The molecule has 23 heavy (non-hydrogen) atoms. The summed E-state index contributed by atoms with van der Waals surface area (Å²) in [5, 5.41) is 0. The minimum atomic E-state index is 0.300. The monoisotopic (exact) mass is 313 g/mol. The van der Waals surface area contributed by atoms with Crippen LogP contribution < -0.4 is 15.2 Å². The molecule has 1 atom stereocenters. The van der Waals surface area contributed by atoms with Gasteiger partial charge in [0.05, 0.1) is 13.7 Å². The topological polar surface area (TPSA) is 44.5 Å². The van der Waals surface area contributed by atoms with E-state index in [1.165, 1.54) is 11.1 Å². The molecule has 0 aliphatic rings. The summed E-state index contributed by atoms with van der Waals surface area (Å²) in [6.45, 7) is 5.65. The van der Waals surface area contributed by atoms with Crippen LogP contribution in [0.25, 0.3) is 0 Å². The predicted octanol–water partition coefficient (Wildman–Crippen LogP) is 4.33. The van der Waals surface area contributed by atoms with Gasteiger partial charge in [0.15, 0.2) is 0 Å². The Morgan fingerprint density at radius 2 is 1.70 bits per heavy atom. The molecule has 1 unspecified atom stereocenters. The van der Waals surface area contributed by atoms with E-state index in [-0.39, 0.29) is 0 Å². The highest BCUT2D eigenvalue weighted by molar-refractivity contribution is 5.31. The minimum absolute atomic E-state index is 0.300. The Morgan fingerprint density at radius 3 is 2.30 bits per heavy atom. The van der Waals surface area contributed by atoms with Crippen molar-refractivity contribution >= 4 is 0 Å². The van der Waals surface area contributed by atoms with Gasteiger partial charge in [-0.3, -0.25) is 0 Å². The van der Waals surface area contributed by atoms with Gasteiger partial charge in [0.2, 0.25) is 0 Å². The van der Waals surface area contributed by atoms with Gasteiger partial charge in [-0.05, 0) is 60.2 Å². The molecule has 0 spiro atoms. The number of nitrogens with two attached hydrogens (primary N) is 1. The highest BCUT2D eigenvalue weighted by atomic mass is 16.5. The minimum Gasteiger partial charge on any atom is -0.497 e. The largest absolute Gasteiger partial charge is 0.497 e. The Labute approximate surface area is 139 Å². The fourth-order valence-corrected chi connectivity index (χ4v) is 2.58. The molecule has 0 radical (unpaired) electrons. The molecular weight excluding hydrogens is 286 g/mol. The summed E-state index contributed by atoms with van der Waals surface area (Å²) in [6.07, 6.45) is 0.898. The zero-order chi connectivity index (χ0) is 16.7. The molecule has 0 aliphatic carbocycles. The lowest BCUT2D eigenvalue weighted by Crippen LogP contribution is -2.15. The fraction of sp³-hybridized carbons (Fsp3) is 0.400. The standard InChI is InChI=1S/C20H27NO2/c1-15(2)17-5-4-6-20(13-17)23-12-11-18(14-21)16-7-9-19(22-3)10-8-16/h4-10,13,15,18H,11-12,14,21H2,1-3H3. The molecule has 3 nitrogen and oxygen atoms in total. The molecule has 2 aromatic carbocycles. The summed E-state index contributed by atoms with van der Waals surface area (Å²) in [5.74, 6) is 2.61. The molecule has 0 aliphatic heterocycles. The molecule has 0 saturated heterocycles. The van der Waals surface area contributed by atoms with E-state index in [0.29, 0.717) is 25.0 Å². The number of hydrogen-bond acceptors (Lipinski definition) is 3. The van der Waals surface area contributed by atoms with Crippen molar-refractivity contribution in [2.24, 2.45) is 5.73 Å². The van der Waals surface area contributed by atoms with Crippen LogP contribution in [0.5, 0.6) is 11.5 Å². The van der Waals surface area contributed by atoms with Gasteiger partial charge >= 0.3 is 0 Å². The number of ether oxygens (including phenoxy) is 2. The quantitative estimate of drug-likeness (QED) is 0.789. The Hall–Kier alpha value is -2.00. The van der Waals surface area contributed by atoms with Crippen molar-refractivity contribution in [3.05, 3.63) is 59.7 Å². The maximum atomic E-state index is 5.93. The zero-order valence-corrected chi connectivity index (χ0v) is 14.3. The van der Waals surface area contributed by atoms with Crippen LogP contribution >= 0.6 is 0 Å². The maximum Gasteiger partial charge on any atom is 0.119 e. The molecule has 0 fully saturated rings. The van der Waals surface area contributed by atoms with Crippen molar-refractivity contribution < 1.29 is 9.47 Å². The molecule has 2 aromatic rings. The van der Waals surface area contributed by atoms with Crippen LogP contribution in [0.3, 0.4) is 0 Å². The first-order valence-corrected chi connectivity index (χ1v) is 8.20. The van der Waals surface area contributed by atoms with Gasteiger partial charge in [-0.15, -0.1) is 0 Å². The van der Waals surface area contributed by atoms with Crippen LogP contribution in [0.15, 0.2) is 48.5 Å². The van der Waals surface area contributed by atoms with Gasteiger partial charge in [-0.1, -0.05) is 38.1 Å². The first kappa shape index (κ1) is 17.4. The summed E-state index contributed by atoms with van der Waals surface area (Å²) in [7, 11) is 1.68. The number of hydrogen-bond donors (Lipinski definition) is 1. The second-order valence-corrected chi connectivity index (χ2v) is 6.07. The lowest BCUT2D eigenvalue weighted by atomic mass is 9.96. The molecule has 124 valence electrons. The summed E-state index contributed by atoms with van der Waals surface area (Å²) in [6, 6.07) is 16.4. The Bertz CT molecular complexity index is 593. The summed E-state index contributed by atoms with van der Waals surface area (Å²) in [5.41, 5.74) is 8.46. The molecule has 0 bridgehead atoms. The SMILES string of the molecule is COc1ccc(C(CN)CCOc2cccc(C(C)C)c2)cc1. The van der Waals surface area contributed by atoms with Crippen LogP contribution in [-0.4, -0.2) is 20.3 Å². The van der Waals surface area contributed by atoms with Crippen molar-refractivity contribution in [1.82, 2.24) is 0 Å². The lowest BCUT2D eigenvalue weighted by molar-refractivity contribution is 0.298. The molecule has 0 amide bonds. The van der Waals surface area contributed by atoms with Crippen molar-refractivity contribution in [1.29, 1.82) is 0 Å². The van der Waals surface area contributed by atoms with Crippen molar-refractivity contribution in [2.75, 3.05) is 20.3 Å². The van der Waals surface area contributed by atoms with E-state index in [2.05, 4.69) is 44.2 Å². The predicted molar refractivity (Wildman–Crippen MR) is 95.4 cm³/mol. The Balaban J connectivity index is 1.91. The fourth-order valence-electron chi connectivity index (χ4n) is 2.58. The number of benzene rings is 2. The van der Waals surface area contributed by atoms with Crippen LogP contribution in [0.4, 0.5) is 0 Å². The van der Waals surface area contributed by atoms with Crippen LogP contribution in [-0.2, 0) is 0 Å². The van der Waals surface area contributed by atoms with Crippen molar-refractivity contribution in [2.45, 2.75) is 32.1 Å². The lowest BCUT2D eigenvalue weighted by Gasteiger charge is -2.16. The third kappa shape index (κ3) is 5.00. The van der Waals surface area contributed by atoms with E-state index in [9.17, 15) is 0 Å². The normalized spacial score (nSPS) is 12.2. The van der Waals surface area contributed by atoms with Gasteiger partial charge in [0.25, 0.3) is 0 Å². The van der Waals surface area contributed by atoms with Crippen molar-refractivity contribution in [3.8, 4) is 11.5 Å². The zero-order valence-electron chi connectivity index (χ0n) is 14.3. The molecule has 0 heterocycles. The van der Waals surface area contributed by atoms with Crippen molar-refractivity contribution in [3.63, 3.8) is 0 Å². The summed E-state index contributed by atoms with van der Waals surface area (Å²) < 4.78 is 11.1. The van der Waals surface area contributed by atoms with E-state index in [1.807, 2.05) is 18.2 Å². The number of rotatable bonds is 8. The molecular formula is C20H27NO2. The molecule has 2 N–H and O–H groups in total. The summed E-state index contributed by atoms with van der Waals surface area (Å²) >= 11 is 0. The maximum absolute atomic E-state index is 5.93. The Morgan fingerprint density at radius 1 is 0.957 bits per heavy atom. The third-order valence-corrected chi connectivity index (χ3v) is 4.13. The van der Waals surface area contributed by atoms with E-state index in [1.54, 1.807) is 7.11 Å². The van der Waals surface area contributed by atoms with E-state index in [0.717, 1.165) is 17.9 Å². The van der Waals surface area contributed by atoms with Crippen LogP contribution in [0, 0.1) is 0 Å². The highest BCUT2D eigenvalue weighted by Crippen LogP contribution is 2.23. The second-order valence-electron chi connectivity index (χ2n) is 6.07. The van der Waals surface area contributed by atoms with E-state index < -0.39 is 0 Å². The summed E-state index contributed by atoms with van der Waals surface area (Å²) in [4.78, 5) is 0. The molecule has 0 aromatic heterocycles. The van der Waals surface area contributed by atoms with E-state index in [4.69, 9.17) is 15.2 Å². The second kappa shape index (κ2) is 8.59. The third-order valence-electron chi connectivity index (χ3n) is 4.13. The van der Waals surface area contributed by atoms with Gasteiger partial charge < -0.3 is 15.2 Å². The van der Waals surface area contributed by atoms with Crippen LogP contribution in [0.2, 0.25) is 0 Å². The van der Waals surface area contributed by atoms with Gasteiger partial charge in [-0.25, -0.2) is 0 Å². The first-order chi connectivity index (χ1) is 11.1. The van der Waals surface area contributed by atoms with Gasteiger partial charge in [0.1, 0.15) is 11.5 Å². The average molecular weight is 313 g/mol.